The van der Waals surface area contributed by atoms with E-state index in [0.717, 1.165) is 0 Å². The summed E-state index contributed by atoms with van der Waals surface area (Å²) in [4.78, 5) is 0. The van der Waals surface area contributed by atoms with Crippen molar-refractivity contribution in [3.63, 3.8) is 0 Å². The van der Waals surface area contributed by atoms with Gasteiger partial charge in [0.2, 0.25) is 0 Å². The van der Waals surface area contributed by atoms with Gasteiger partial charge in [-0.15, -0.1) is 0 Å². The van der Waals surface area contributed by atoms with Crippen LogP contribution in [0, 0.1) is 11.6 Å². The minimum atomic E-state index is -0.764. The molecule has 0 aliphatic carbocycles. The van der Waals surface area contributed by atoms with Gasteiger partial charge < -0.3 is 4.74 Å². The van der Waals surface area contributed by atoms with E-state index in [0.29, 0.717) is 16.9 Å². The van der Waals surface area contributed by atoms with E-state index in [1.165, 1.54) is 43.5 Å². The van der Waals surface area contributed by atoms with Gasteiger partial charge in [0.1, 0.15) is 24.2 Å². The van der Waals surface area contributed by atoms with E-state index in [1.54, 1.807) is 0 Å². The second-order valence-electron chi connectivity index (χ2n) is 4.17. The predicted molar refractivity (Wildman–Crippen MR) is 71.2 cm³/mol. The zero-order chi connectivity index (χ0) is 14.5. The van der Waals surface area contributed by atoms with Gasteiger partial charge in [-0.25, -0.2) is 13.2 Å². The highest BCUT2D eigenvalue weighted by Crippen LogP contribution is 2.35. The third-order valence-electron chi connectivity index (χ3n) is 2.97. The van der Waals surface area contributed by atoms with Gasteiger partial charge in [0.05, 0.1) is 7.11 Å². The van der Waals surface area contributed by atoms with Gasteiger partial charge in [0, 0.05) is 17.7 Å². The van der Waals surface area contributed by atoms with Crippen molar-refractivity contribution in [2.75, 3.05) is 13.9 Å². The van der Waals surface area contributed by atoms with Crippen LogP contribution in [0.5, 0.6) is 5.75 Å². The fourth-order valence-electron chi connectivity index (χ4n) is 2.05. The fraction of sp³-hybridized carbons (Fsp3) is 0.200. The largest absolute Gasteiger partial charge is 0.496 e. The van der Waals surface area contributed by atoms with Crippen LogP contribution in [0.1, 0.15) is 5.56 Å². The number of hydrogen-bond acceptors (Lipinski definition) is 2. The van der Waals surface area contributed by atoms with Crippen molar-refractivity contribution in [2.45, 2.75) is 6.54 Å². The third kappa shape index (κ3) is 2.93. The number of halogens is 3. The van der Waals surface area contributed by atoms with Gasteiger partial charge in [0.25, 0.3) is 0 Å². The molecule has 1 N–H and O–H groups in total. The Labute approximate surface area is 115 Å². The first-order chi connectivity index (χ1) is 9.67. The third-order valence-corrected chi connectivity index (χ3v) is 2.97. The molecule has 2 aromatic carbocycles. The molecule has 0 bridgehead atoms. The Hall–Kier alpha value is -2.01. The molecule has 0 heterocycles. The summed E-state index contributed by atoms with van der Waals surface area (Å²) in [5.74, 6) is -0.396. The molecule has 2 rings (SSSR count). The van der Waals surface area contributed by atoms with Crippen LogP contribution in [0.4, 0.5) is 13.2 Å². The summed E-state index contributed by atoms with van der Waals surface area (Å²) in [7, 11) is 1.46. The summed E-state index contributed by atoms with van der Waals surface area (Å²) in [5, 5.41) is 2.44. The minimum Gasteiger partial charge on any atom is -0.496 e. The Morgan fingerprint density at radius 3 is 2.35 bits per heavy atom. The molecule has 2 nitrogen and oxygen atoms in total. The minimum absolute atomic E-state index is 0.0201. The van der Waals surface area contributed by atoms with E-state index in [9.17, 15) is 13.2 Å². The van der Waals surface area contributed by atoms with Crippen molar-refractivity contribution < 1.29 is 17.9 Å². The van der Waals surface area contributed by atoms with E-state index in [-0.39, 0.29) is 17.9 Å². The van der Waals surface area contributed by atoms with E-state index in [2.05, 4.69) is 5.32 Å². The lowest BCUT2D eigenvalue weighted by molar-refractivity contribution is 0.409. The Bertz CT molecular complexity index is 584. The van der Waals surface area contributed by atoms with Crippen LogP contribution in [0.3, 0.4) is 0 Å². The number of alkyl halides is 1. The number of benzene rings is 2. The normalized spacial score (nSPS) is 10.6. The highest BCUT2D eigenvalue weighted by molar-refractivity contribution is 5.74. The van der Waals surface area contributed by atoms with Crippen molar-refractivity contribution >= 4 is 0 Å². The van der Waals surface area contributed by atoms with Crippen molar-refractivity contribution in [2.24, 2.45) is 0 Å². The predicted octanol–water partition coefficient (Wildman–Crippen LogP) is 3.66. The van der Waals surface area contributed by atoms with Crippen molar-refractivity contribution in [1.82, 2.24) is 5.32 Å². The Kier molecular flexibility index (Phi) is 4.63. The highest BCUT2D eigenvalue weighted by Gasteiger charge is 2.16. The van der Waals surface area contributed by atoms with Crippen LogP contribution in [0.15, 0.2) is 36.4 Å². The van der Waals surface area contributed by atoms with E-state index < -0.39 is 12.6 Å². The highest BCUT2D eigenvalue weighted by atomic mass is 19.1. The van der Waals surface area contributed by atoms with Crippen LogP contribution in [-0.4, -0.2) is 13.9 Å². The molecule has 0 aliphatic heterocycles. The molecule has 0 aliphatic rings. The second-order valence-corrected chi connectivity index (χ2v) is 4.17. The summed E-state index contributed by atoms with van der Waals surface area (Å²) in [5.41, 5.74) is 1.39. The molecule has 5 heteroatoms. The standard InChI is InChI=1S/C15H14F3NO/c1-20-14-7-6-13(18)12(8-19-9-16)15(14)10-2-4-11(17)5-3-10/h2-7,19H,8-9H2,1H3. The summed E-state index contributed by atoms with van der Waals surface area (Å²) >= 11 is 0. The van der Waals surface area contributed by atoms with Gasteiger partial charge in [-0.1, -0.05) is 12.1 Å². The quantitative estimate of drug-likeness (QED) is 0.845. The van der Waals surface area contributed by atoms with Crippen LogP contribution >= 0.6 is 0 Å². The summed E-state index contributed by atoms with van der Waals surface area (Å²) in [6.07, 6.45) is 0. The van der Waals surface area contributed by atoms with E-state index in [1.807, 2.05) is 0 Å². The lowest BCUT2D eigenvalue weighted by atomic mass is 9.98. The maximum Gasteiger partial charge on any atom is 0.140 e. The number of methoxy groups -OCH3 is 1. The monoisotopic (exact) mass is 281 g/mol. The van der Waals surface area contributed by atoms with E-state index in [4.69, 9.17) is 4.74 Å². The van der Waals surface area contributed by atoms with Gasteiger partial charge in [-0.2, -0.15) is 0 Å². The van der Waals surface area contributed by atoms with Crippen LogP contribution in [0.2, 0.25) is 0 Å². The van der Waals surface area contributed by atoms with Crippen LogP contribution in [0.25, 0.3) is 11.1 Å². The van der Waals surface area contributed by atoms with Crippen molar-refractivity contribution in [3.8, 4) is 16.9 Å². The fourth-order valence-corrected chi connectivity index (χ4v) is 2.05. The van der Waals surface area contributed by atoms with Gasteiger partial charge >= 0.3 is 0 Å². The number of nitrogens with one attached hydrogen (secondary N) is 1. The molecule has 0 saturated carbocycles. The van der Waals surface area contributed by atoms with Crippen LogP contribution < -0.4 is 10.1 Å². The molecule has 0 radical (unpaired) electrons. The second kappa shape index (κ2) is 6.43. The molecule has 0 amide bonds. The zero-order valence-electron chi connectivity index (χ0n) is 10.9. The molecular formula is C15H14F3NO. The van der Waals surface area contributed by atoms with Gasteiger partial charge in [0.15, 0.2) is 0 Å². The Balaban J connectivity index is 2.57. The maximum atomic E-state index is 14.0. The molecule has 0 aromatic heterocycles. The molecule has 0 fully saturated rings. The molecule has 0 saturated heterocycles. The Morgan fingerprint density at radius 2 is 1.75 bits per heavy atom. The van der Waals surface area contributed by atoms with Gasteiger partial charge in [-0.05, 0) is 29.8 Å². The van der Waals surface area contributed by atoms with Crippen molar-refractivity contribution in [1.29, 1.82) is 0 Å². The molecule has 0 unspecified atom stereocenters. The first-order valence-corrected chi connectivity index (χ1v) is 6.05. The number of ether oxygens (including phenoxy) is 1. The Morgan fingerprint density at radius 1 is 1.05 bits per heavy atom. The summed E-state index contributed by atoms with van der Waals surface area (Å²) < 4.78 is 44.5. The molecule has 20 heavy (non-hydrogen) atoms. The SMILES string of the molecule is COc1ccc(F)c(CNCF)c1-c1ccc(F)cc1. The average molecular weight is 281 g/mol. The number of rotatable bonds is 5. The van der Waals surface area contributed by atoms with Gasteiger partial charge in [-0.3, -0.25) is 5.32 Å². The summed E-state index contributed by atoms with van der Waals surface area (Å²) in [6.45, 7) is -0.744. The first kappa shape index (κ1) is 14.4. The smallest absolute Gasteiger partial charge is 0.140 e. The topological polar surface area (TPSA) is 21.3 Å². The summed E-state index contributed by atoms with van der Waals surface area (Å²) in [6, 6.07) is 8.39. The van der Waals surface area contributed by atoms with Crippen molar-refractivity contribution in [3.05, 3.63) is 53.6 Å². The molecular weight excluding hydrogens is 267 g/mol. The molecule has 106 valence electrons. The maximum absolute atomic E-state index is 14.0. The molecule has 2 aromatic rings. The lowest BCUT2D eigenvalue weighted by Gasteiger charge is -2.15. The van der Waals surface area contributed by atoms with Crippen LogP contribution in [-0.2, 0) is 6.54 Å². The lowest BCUT2D eigenvalue weighted by Crippen LogP contribution is -2.13. The average Bonchev–Trinajstić information content (AvgIpc) is 2.46. The molecule has 0 spiro atoms. The number of hydrogen-bond donors (Lipinski definition) is 1. The molecule has 0 atom stereocenters. The van der Waals surface area contributed by atoms with E-state index >= 15 is 0 Å². The first-order valence-electron chi connectivity index (χ1n) is 6.05. The zero-order valence-corrected chi connectivity index (χ0v) is 10.9.